The van der Waals surface area contributed by atoms with E-state index < -0.39 is 0 Å². The topological polar surface area (TPSA) is 17.8 Å². The maximum atomic E-state index is 4.77. The molecule has 0 aromatic carbocycles. The van der Waals surface area contributed by atoms with Crippen LogP contribution in [-0.4, -0.2) is 9.55 Å². The standard InChI is InChI=1S/C23H44N2/c1-5-7-8-9-10-11-12-13-14-15-16-17-18-21(3)23-24-22(4)20-25(23)19-6-2/h20-21H,5-19H2,1-4H3. The number of unbranched alkanes of at least 4 members (excludes halogenated alkanes) is 11. The van der Waals surface area contributed by atoms with E-state index in [4.69, 9.17) is 4.98 Å². The molecule has 2 heteroatoms. The number of aryl methyl sites for hydroxylation is 2. The van der Waals surface area contributed by atoms with Crippen LogP contribution < -0.4 is 0 Å². The highest BCUT2D eigenvalue weighted by molar-refractivity contribution is 5.06. The Labute approximate surface area is 157 Å². The molecule has 25 heavy (non-hydrogen) atoms. The van der Waals surface area contributed by atoms with Crippen LogP contribution in [-0.2, 0) is 6.54 Å². The molecule has 0 fully saturated rings. The number of hydrogen-bond donors (Lipinski definition) is 0. The van der Waals surface area contributed by atoms with Gasteiger partial charge in [0, 0.05) is 18.7 Å². The van der Waals surface area contributed by atoms with Gasteiger partial charge < -0.3 is 4.57 Å². The first-order valence-electron chi connectivity index (χ1n) is 11.2. The summed E-state index contributed by atoms with van der Waals surface area (Å²) in [5, 5.41) is 0. The third kappa shape index (κ3) is 10.1. The van der Waals surface area contributed by atoms with Crippen molar-refractivity contribution in [2.75, 3.05) is 0 Å². The van der Waals surface area contributed by atoms with Crippen molar-refractivity contribution < 1.29 is 0 Å². The van der Waals surface area contributed by atoms with Crippen LogP contribution in [0.5, 0.6) is 0 Å². The summed E-state index contributed by atoms with van der Waals surface area (Å²) in [6.07, 6.45) is 21.8. The van der Waals surface area contributed by atoms with Gasteiger partial charge in [0.1, 0.15) is 5.82 Å². The summed E-state index contributed by atoms with van der Waals surface area (Å²) in [6.45, 7) is 10.1. The molecule has 0 amide bonds. The molecule has 0 radical (unpaired) electrons. The average molecular weight is 349 g/mol. The normalized spacial score (nSPS) is 12.6. The molecule has 0 aliphatic carbocycles. The van der Waals surface area contributed by atoms with Crippen LogP contribution >= 0.6 is 0 Å². The molecule has 0 saturated heterocycles. The van der Waals surface area contributed by atoms with E-state index in [1.54, 1.807) is 0 Å². The smallest absolute Gasteiger partial charge is 0.111 e. The maximum absolute atomic E-state index is 4.77. The lowest BCUT2D eigenvalue weighted by Gasteiger charge is -2.13. The fraction of sp³-hybridized carbons (Fsp3) is 0.870. The summed E-state index contributed by atoms with van der Waals surface area (Å²) in [6, 6.07) is 0. The van der Waals surface area contributed by atoms with Crippen LogP contribution in [0.25, 0.3) is 0 Å². The molecular weight excluding hydrogens is 304 g/mol. The molecular formula is C23H44N2. The molecule has 1 heterocycles. The Hall–Kier alpha value is -0.790. The number of rotatable bonds is 16. The molecule has 1 aromatic heterocycles. The Balaban J connectivity index is 2.01. The van der Waals surface area contributed by atoms with E-state index in [0.29, 0.717) is 5.92 Å². The highest BCUT2D eigenvalue weighted by Gasteiger charge is 2.12. The van der Waals surface area contributed by atoms with Crippen LogP contribution in [0, 0.1) is 6.92 Å². The van der Waals surface area contributed by atoms with Gasteiger partial charge in [-0.2, -0.15) is 0 Å². The first-order valence-corrected chi connectivity index (χ1v) is 11.2. The Bertz CT molecular complexity index is 422. The van der Waals surface area contributed by atoms with Gasteiger partial charge >= 0.3 is 0 Å². The van der Waals surface area contributed by atoms with E-state index in [2.05, 4.69) is 38.5 Å². The lowest BCUT2D eigenvalue weighted by Crippen LogP contribution is -2.06. The molecule has 1 rings (SSSR count). The second kappa shape index (κ2) is 14.4. The molecule has 146 valence electrons. The number of hydrogen-bond acceptors (Lipinski definition) is 1. The summed E-state index contributed by atoms with van der Waals surface area (Å²) < 4.78 is 2.38. The molecule has 1 unspecified atom stereocenters. The second-order valence-electron chi connectivity index (χ2n) is 8.01. The highest BCUT2D eigenvalue weighted by atomic mass is 15.1. The van der Waals surface area contributed by atoms with Gasteiger partial charge in [-0.15, -0.1) is 0 Å². The van der Waals surface area contributed by atoms with E-state index >= 15 is 0 Å². The minimum absolute atomic E-state index is 0.600. The van der Waals surface area contributed by atoms with Crippen molar-refractivity contribution in [3.8, 4) is 0 Å². The van der Waals surface area contributed by atoms with Gasteiger partial charge in [-0.25, -0.2) is 4.98 Å². The van der Waals surface area contributed by atoms with Crippen LogP contribution in [0.15, 0.2) is 6.20 Å². The zero-order valence-electron chi connectivity index (χ0n) is 17.7. The molecule has 0 saturated carbocycles. The first-order chi connectivity index (χ1) is 12.2. The fourth-order valence-electron chi connectivity index (χ4n) is 3.80. The van der Waals surface area contributed by atoms with Gasteiger partial charge in [0.2, 0.25) is 0 Å². The highest BCUT2D eigenvalue weighted by Crippen LogP contribution is 2.22. The van der Waals surface area contributed by atoms with Gasteiger partial charge in [0.15, 0.2) is 0 Å². The summed E-state index contributed by atoms with van der Waals surface area (Å²) in [4.78, 5) is 4.77. The van der Waals surface area contributed by atoms with Gasteiger partial charge in [-0.3, -0.25) is 0 Å². The molecule has 0 spiro atoms. The monoisotopic (exact) mass is 348 g/mol. The number of nitrogens with zero attached hydrogens (tertiary/aromatic N) is 2. The van der Waals surface area contributed by atoms with Crippen LogP contribution in [0.2, 0.25) is 0 Å². The van der Waals surface area contributed by atoms with Crippen molar-refractivity contribution in [2.45, 2.75) is 130 Å². The molecule has 0 aliphatic rings. The van der Waals surface area contributed by atoms with Crippen LogP contribution in [0.1, 0.15) is 128 Å². The summed E-state index contributed by atoms with van der Waals surface area (Å²) >= 11 is 0. The van der Waals surface area contributed by atoms with Crippen molar-refractivity contribution in [2.24, 2.45) is 0 Å². The summed E-state index contributed by atoms with van der Waals surface area (Å²) in [5.41, 5.74) is 1.17. The Morgan fingerprint density at radius 2 is 1.32 bits per heavy atom. The Kier molecular flexibility index (Phi) is 12.8. The predicted molar refractivity (Wildman–Crippen MR) is 111 cm³/mol. The van der Waals surface area contributed by atoms with Gasteiger partial charge in [0.05, 0.1) is 5.69 Å². The maximum Gasteiger partial charge on any atom is 0.111 e. The van der Waals surface area contributed by atoms with Crippen LogP contribution in [0.4, 0.5) is 0 Å². The lowest BCUT2D eigenvalue weighted by atomic mass is 10.0. The van der Waals surface area contributed by atoms with Crippen molar-refractivity contribution in [3.63, 3.8) is 0 Å². The van der Waals surface area contributed by atoms with Crippen molar-refractivity contribution in [1.29, 1.82) is 0 Å². The predicted octanol–water partition coefficient (Wildman–Crippen LogP) is 7.80. The number of aromatic nitrogens is 2. The second-order valence-corrected chi connectivity index (χ2v) is 8.01. The van der Waals surface area contributed by atoms with Gasteiger partial charge in [0.25, 0.3) is 0 Å². The van der Waals surface area contributed by atoms with Crippen molar-refractivity contribution >= 4 is 0 Å². The first kappa shape index (κ1) is 22.3. The Morgan fingerprint density at radius 1 is 0.800 bits per heavy atom. The van der Waals surface area contributed by atoms with E-state index in [9.17, 15) is 0 Å². The minimum atomic E-state index is 0.600. The van der Waals surface area contributed by atoms with Crippen molar-refractivity contribution in [1.82, 2.24) is 9.55 Å². The zero-order valence-corrected chi connectivity index (χ0v) is 17.7. The van der Waals surface area contributed by atoms with E-state index in [1.807, 2.05) is 0 Å². The average Bonchev–Trinajstić information content (AvgIpc) is 2.96. The fourth-order valence-corrected chi connectivity index (χ4v) is 3.80. The molecule has 0 bridgehead atoms. The van der Waals surface area contributed by atoms with Crippen LogP contribution in [0.3, 0.4) is 0 Å². The molecule has 0 aliphatic heterocycles. The largest absolute Gasteiger partial charge is 0.334 e. The third-order valence-corrected chi connectivity index (χ3v) is 5.32. The number of imidazole rings is 1. The summed E-state index contributed by atoms with van der Waals surface area (Å²) in [5.74, 6) is 1.91. The quantitative estimate of drug-likeness (QED) is 0.279. The SMILES string of the molecule is CCCCCCCCCCCCCCC(C)c1nc(C)cn1CCC. The third-order valence-electron chi connectivity index (χ3n) is 5.32. The molecule has 0 N–H and O–H groups in total. The minimum Gasteiger partial charge on any atom is -0.334 e. The van der Waals surface area contributed by atoms with E-state index in [1.165, 1.54) is 101 Å². The molecule has 2 nitrogen and oxygen atoms in total. The lowest BCUT2D eigenvalue weighted by molar-refractivity contribution is 0.510. The van der Waals surface area contributed by atoms with Crippen molar-refractivity contribution in [3.05, 3.63) is 17.7 Å². The Morgan fingerprint density at radius 3 is 1.84 bits per heavy atom. The van der Waals surface area contributed by atoms with E-state index in [-0.39, 0.29) is 0 Å². The zero-order chi connectivity index (χ0) is 18.3. The molecule has 1 aromatic rings. The van der Waals surface area contributed by atoms with E-state index in [0.717, 1.165) is 6.54 Å². The molecule has 1 atom stereocenters. The van der Waals surface area contributed by atoms with Gasteiger partial charge in [-0.05, 0) is 19.8 Å². The van der Waals surface area contributed by atoms with Gasteiger partial charge in [-0.1, -0.05) is 97.8 Å². The summed E-state index contributed by atoms with van der Waals surface area (Å²) in [7, 11) is 0.